The Hall–Kier alpha value is -3.39. The number of aromatic nitrogens is 3. The zero-order valence-electron chi connectivity index (χ0n) is 16.1. The molecule has 7 nitrogen and oxygen atoms in total. The molecule has 1 aliphatic heterocycles. The molecule has 0 bridgehead atoms. The molecule has 2 aromatic heterocycles. The first-order chi connectivity index (χ1) is 13.9. The van der Waals surface area contributed by atoms with Gasteiger partial charge in [0.2, 0.25) is 5.13 Å². The maximum absolute atomic E-state index is 13.0. The molecule has 1 atom stereocenters. The Labute approximate surface area is 171 Å². The summed E-state index contributed by atoms with van der Waals surface area (Å²) in [5.41, 5.74) is 2.88. The van der Waals surface area contributed by atoms with E-state index in [4.69, 9.17) is 0 Å². The highest BCUT2D eigenvalue weighted by Gasteiger charge is 2.48. The Morgan fingerprint density at radius 2 is 1.93 bits per heavy atom. The van der Waals surface area contributed by atoms with E-state index in [1.807, 2.05) is 26.0 Å². The van der Waals surface area contributed by atoms with E-state index in [0.29, 0.717) is 21.3 Å². The second-order valence-corrected chi connectivity index (χ2v) is 8.04. The van der Waals surface area contributed by atoms with Gasteiger partial charge < -0.3 is 5.11 Å². The van der Waals surface area contributed by atoms with Crippen LogP contribution in [0.25, 0.3) is 5.76 Å². The molecule has 1 N–H and O–H groups in total. The topological polar surface area (TPSA) is 96.3 Å². The number of ketones is 1. The summed E-state index contributed by atoms with van der Waals surface area (Å²) in [7, 11) is 0. The molecule has 1 aliphatic rings. The minimum atomic E-state index is -0.837. The van der Waals surface area contributed by atoms with E-state index < -0.39 is 17.7 Å². The molecule has 1 amide bonds. The number of hydrogen-bond acceptors (Lipinski definition) is 7. The van der Waals surface area contributed by atoms with E-state index in [2.05, 4.69) is 15.2 Å². The van der Waals surface area contributed by atoms with Crippen LogP contribution in [-0.2, 0) is 9.59 Å². The molecule has 0 radical (unpaired) electrons. The first kappa shape index (κ1) is 18.9. The van der Waals surface area contributed by atoms with Crippen LogP contribution in [0.5, 0.6) is 0 Å². The van der Waals surface area contributed by atoms with Gasteiger partial charge in [-0.1, -0.05) is 35.1 Å². The van der Waals surface area contributed by atoms with E-state index in [1.54, 1.807) is 37.5 Å². The summed E-state index contributed by atoms with van der Waals surface area (Å²) < 4.78 is 0. The second-order valence-electron chi connectivity index (χ2n) is 6.88. The fraction of sp³-hybridized carbons (Fsp3) is 0.190. The van der Waals surface area contributed by atoms with Crippen molar-refractivity contribution in [2.45, 2.75) is 26.8 Å². The molecule has 3 heterocycles. The highest BCUT2D eigenvalue weighted by atomic mass is 32.1. The van der Waals surface area contributed by atoms with Crippen molar-refractivity contribution < 1.29 is 14.7 Å². The van der Waals surface area contributed by atoms with Gasteiger partial charge in [0, 0.05) is 18.0 Å². The summed E-state index contributed by atoms with van der Waals surface area (Å²) >= 11 is 1.21. The normalized spacial score (nSPS) is 18.4. The van der Waals surface area contributed by atoms with Crippen LogP contribution in [0.1, 0.15) is 33.3 Å². The number of anilines is 1. The molecule has 146 valence electrons. The van der Waals surface area contributed by atoms with Crippen molar-refractivity contribution in [3.8, 4) is 0 Å². The van der Waals surface area contributed by atoms with Gasteiger partial charge in [-0.15, -0.1) is 10.2 Å². The monoisotopic (exact) mass is 406 g/mol. The zero-order chi connectivity index (χ0) is 20.7. The van der Waals surface area contributed by atoms with Gasteiger partial charge >= 0.3 is 5.91 Å². The SMILES string of the molecule is Cc1ccc(C)c(C(O)=C2C(=O)C(=O)N(c3nnc(C)s3)C2c2cccnc2)c1. The number of hydrogen-bond donors (Lipinski definition) is 1. The number of rotatable bonds is 3. The van der Waals surface area contributed by atoms with Gasteiger partial charge in [0.05, 0.1) is 11.6 Å². The van der Waals surface area contributed by atoms with Crippen molar-refractivity contribution in [2.75, 3.05) is 4.90 Å². The van der Waals surface area contributed by atoms with Crippen LogP contribution >= 0.6 is 11.3 Å². The molecule has 1 saturated heterocycles. The number of carbonyl (C=O) groups is 2. The molecule has 4 rings (SSSR count). The van der Waals surface area contributed by atoms with Gasteiger partial charge in [0.15, 0.2) is 0 Å². The van der Waals surface area contributed by atoms with Gasteiger partial charge in [0.1, 0.15) is 10.8 Å². The Morgan fingerprint density at radius 1 is 1.14 bits per heavy atom. The molecule has 29 heavy (non-hydrogen) atoms. The number of aliphatic hydroxyl groups excluding tert-OH is 1. The summed E-state index contributed by atoms with van der Waals surface area (Å²) in [6, 6.07) is 8.24. The minimum absolute atomic E-state index is 0.0181. The lowest BCUT2D eigenvalue weighted by atomic mass is 9.94. The largest absolute Gasteiger partial charge is 0.507 e. The molecule has 0 spiro atoms. The van der Waals surface area contributed by atoms with Gasteiger partial charge in [-0.3, -0.25) is 19.5 Å². The van der Waals surface area contributed by atoms with Gasteiger partial charge in [-0.2, -0.15) is 0 Å². The number of aryl methyl sites for hydroxylation is 3. The van der Waals surface area contributed by atoms with Crippen LogP contribution in [0.15, 0.2) is 48.3 Å². The molecule has 1 fully saturated rings. The van der Waals surface area contributed by atoms with Gasteiger partial charge in [-0.05, 0) is 44.0 Å². The lowest BCUT2D eigenvalue weighted by Gasteiger charge is -2.22. The summed E-state index contributed by atoms with van der Waals surface area (Å²) in [4.78, 5) is 31.4. The summed E-state index contributed by atoms with van der Waals surface area (Å²) in [6.07, 6.45) is 3.18. The zero-order valence-corrected chi connectivity index (χ0v) is 16.9. The highest BCUT2D eigenvalue weighted by molar-refractivity contribution is 7.15. The lowest BCUT2D eigenvalue weighted by molar-refractivity contribution is -0.132. The highest BCUT2D eigenvalue weighted by Crippen LogP contribution is 2.43. The number of pyridine rings is 1. The Kier molecular flexibility index (Phi) is 4.71. The first-order valence-electron chi connectivity index (χ1n) is 8.97. The van der Waals surface area contributed by atoms with Gasteiger partial charge in [-0.25, -0.2) is 0 Å². The van der Waals surface area contributed by atoms with Crippen molar-refractivity contribution in [3.05, 3.63) is 75.6 Å². The standard InChI is InChI=1S/C21H18N4O3S/c1-11-6-7-12(2)15(9-11)18(26)16-17(14-5-4-8-22-10-14)25(20(28)19(16)27)21-24-23-13(3)29-21/h4-10,17,26H,1-3H3. The average molecular weight is 406 g/mol. The number of Topliss-reactive ketones (excluding diaryl/α,β-unsaturated/α-hetero) is 1. The van der Waals surface area contributed by atoms with Crippen LogP contribution < -0.4 is 4.90 Å². The van der Waals surface area contributed by atoms with Gasteiger partial charge in [0.25, 0.3) is 5.78 Å². The molecule has 0 saturated carbocycles. The maximum atomic E-state index is 13.0. The summed E-state index contributed by atoms with van der Waals surface area (Å²) in [5.74, 6) is -1.71. The Bertz CT molecular complexity index is 1150. The lowest BCUT2D eigenvalue weighted by Crippen LogP contribution is -2.29. The molecule has 1 unspecified atom stereocenters. The van der Waals surface area contributed by atoms with Crippen LogP contribution in [0, 0.1) is 20.8 Å². The smallest absolute Gasteiger partial charge is 0.301 e. The van der Waals surface area contributed by atoms with E-state index in [0.717, 1.165) is 11.1 Å². The maximum Gasteiger partial charge on any atom is 0.301 e. The number of carbonyl (C=O) groups excluding carboxylic acids is 2. The van der Waals surface area contributed by atoms with Crippen molar-refractivity contribution in [2.24, 2.45) is 0 Å². The number of nitrogens with zero attached hydrogens (tertiary/aromatic N) is 4. The molecular formula is C21H18N4O3S. The van der Waals surface area contributed by atoms with E-state index in [1.165, 1.54) is 16.2 Å². The van der Waals surface area contributed by atoms with Crippen LogP contribution in [0.3, 0.4) is 0 Å². The predicted octanol–water partition coefficient (Wildman–Crippen LogP) is 3.48. The van der Waals surface area contributed by atoms with E-state index in [-0.39, 0.29) is 11.3 Å². The first-order valence-corrected chi connectivity index (χ1v) is 9.79. The summed E-state index contributed by atoms with van der Waals surface area (Å²) in [5, 5.41) is 20.1. The Morgan fingerprint density at radius 3 is 2.59 bits per heavy atom. The van der Waals surface area contributed by atoms with Crippen LogP contribution in [-0.4, -0.2) is 32.0 Å². The number of aliphatic hydroxyl groups is 1. The third-order valence-corrected chi connectivity index (χ3v) is 5.65. The predicted molar refractivity (Wildman–Crippen MR) is 110 cm³/mol. The number of amides is 1. The number of benzene rings is 1. The van der Waals surface area contributed by atoms with Crippen molar-refractivity contribution in [1.29, 1.82) is 0 Å². The van der Waals surface area contributed by atoms with E-state index >= 15 is 0 Å². The van der Waals surface area contributed by atoms with Crippen LogP contribution in [0.4, 0.5) is 5.13 Å². The third kappa shape index (κ3) is 3.21. The second kappa shape index (κ2) is 7.21. The van der Waals surface area contributed by atoms with Crippen molar-refractivity contribution >= 4 is 33.9 Å². The fourth-order valence-corrected chi connectivity index (χ4v) is 4.12. The quantitative estimate of drug-likeness (QED) is 0.406. The fourth-order valence-electron chi connectivity index (χ4n) is 3.40. The van der Waals surface area contributed by atoms with Crippen molar-refractivity contribution in [3.63, 3.8) is 0 Å². The molecular weight excluding hydrogens is 388 g/mol. The summed E-state index contributed by atoms with van der Waals surface area (Å²) in [6.45, 7) is 5.52. The Balaban J connectivity index is 1.97. The average Bonchev–Trinajstić information content (AvgIpc) is 3.25. The molecule has 3 aromatic rings. The van der Waals surface area contributed by atoms with E-state index in [9.17, 15) is 14.7 Å². The minimum Gasteiger partial charge on any atom is -0.507 e. The molecule has 1 aromatic carbocycles. The molecule has 8 heteroatoms. The molecule has 0 aliphatic carbocycles. The third-order valence-electron chi connectivity index (χ3n) is 4.81. The van der Waals surface area contributed by atoms with Crippen molar-refractivity contribution in [1.82, 2.24) is 15.2 Å². The van der Waals surface area contributed by atoms with Crippen LogP contribution in [0.2, 0.25) is 0 Å².